The van der Waals surface area contributed by atoms with Gasteiger partial charge in [-0.05, 0) is 31.0 Å². The van der Waals surface area contributed by atoms with Crippen LogP contribution in [0.5, 0.6) is 0 Å². The standard InChI is InChI=1S/C19H22N6O4S/c1-2-16-15-11-13(12-22-19(15)29-23-16)30(27,28)25-8-4-7-24(9-10-25)18-14(17(20)26)5-3-6-21-18/h3,5-6,11-12H,2,4,7-10H2,1H3,(H2,20,26). The third kappa shape index (κ3) is 3.61. The third-order valence-corrected chi connectivity index (χ3v) is 7.02. The summed E-state index contributed by atoms with van der Waals surface area (Å²) in [5.74, 6) is -0.0870. The molecular formula is C19H22N6O4S. The maximum atomic E-state index is 13.3. The van der Waals surface area contributed by atoms with Gasteiger partial charge in [0.05, 0.1) is 22.8 Å². The van der Waals surface area contributed by atoms with Crippen molar-refractivity contribution in [3.63, 3.8) is 0 Å². The van der Waals surface area contributed by atoms with Crippen molar-refractivity contribution < 1.29 is 17.7 Å². The normalized spacial score (nSPS) is 16.0. The van der Waals surface area contributed by atoms with E-state index in [1.807, 2.05) is 11.8 Å². The van der Waals surface area contributed by atoms with Crippen LogP contribution in [0.3, 0.4) is 0 Å². The second kappa shape index (κ2) is 8.00. The molecule has 30 heavy (non-hydrogen) atoms. The highest BCUT2D eigenvalue weighted by Gasteiger charge is 2.29. The summed E-state index contributed by atoms with van der Waals surface area (Å²) in [6, 6.07) is 4.84. The zero-order valence-corrected chi connectivity index (χ0v) is 17.3. The number of primary amides is 1. The number of aromatic nitrogens is 3. The highest BCUT2D eigenvalue weighted by molar-refractivity contribution is 7.89. The first kappa shape index (κ1) is 20.2. The molecule has 0 saturated carbocycles. The van der Waals surface area contributed by atoms with Crippen LogP contribution in [0.2, 0.25) is 0 Å². The molecule has 10 nitrogen and oxygen atoms in total. The number of nitrogens with two attached hydrogens (primary N) is 1. The molecule has 4 heterocycles. The Morgan fingerprint density at radius 2 is 2.07 bits per heavy atom. The Labute approximate surface area is 173 Å². The van der Waals surface area contributed by atoms with Gasteiger partial charge in [-0.3, -0.25) is 4.79 Å². The highest BCUT2D eigenvalue weighted by atomic mass is 32.2. The molecule has 0 atom stereocenters. The van der Waals surface area contributed by atoms with Crippen molar-refractivity contribution in [2.24, 2.45) is 5.73 Å². The lowest BCUT2D eigenvalue weighted by molar-refractivity contribution is 0.100. The van der Waals surface area contributed by atoms with E-state index in [0.29, 0.717) is 60.7 Å². The molecular weight excluding hydrogens is 408 g/mol. The van der Waals surface area contributed by atoms with E-state index in [2.05, 4.69) is 15.1 Å². The Morgan fingerprint density at radius 1 is 1.23 bits per heavy atom. The molecule has 11 heteroatoms. The van der Waals surface area contributed by atoms with Crippen molar-refractivity contribution in [3.8, 4) is 0 Å². The highest BCUT2D eigenvalue weighted by Crippen LogP contribution is 2.25. The summed E-state index contributed by atoms with van der Waals surface area (Å²) in [5.41, 5.74) is 6.78. The monoisotopic (exact) mass is 430 g/mol. The third-order valence-electron chi connectivity index (χ3n) is 5.16. The van der Waals surface area contributed by atoms with Crippen molar-refractivity contribution in [2.45, 2.75) is 24.7 Å². The van der Waals surface area contributed by atoms with Crippen LogP contribution in [0.1, 0.15) is 29.4 Å². The Kier molecular flexibility index (Phi) is 5.39. The van der Waals surface area contributed by atoms with Crippen molar-refractivity contribution >= 4 is 32.8 Å². The van der Waals surface area contributed by atoms with E-state index in [1.165, 1.54) is 10.5 Å². The van der Waals surface area contributed by atoms with Crippen molar-refractivity contribution in [1.29, 1.82) is 0 Å². The maximum Gasteiger partial charge on any atom is 0.258 e. The SMILES string of the molecule is CCc1noc2ncc(S(=O)(=O)N3CCCN(c4ncccc4C(N)=O)CC3)cc12. The largest absolute Gasteiger partial charge is 0.365 e. The summed E-state index contributed by atoms with van der Waals surface area (Å²) >= 11 is 0. The summed E-state index contributed by atoms with van der Waals surface area (Å²) in [5, 5.41) is 4.54. The second-order valence-corrected chi connectivity index (χ2v) is 8.93. The van der Waals surface area contributed by atoms with Gasteiger partial charge in [0.25, 0.3) is 11.6 Å². The first-order valence-corrected chi connectivity index (χ1v) is 11.1. The van der Waals surface area contributed by atoms with Gasteiger partial charge in [-0.15, -0.1) is 0 Å². The van der Waals surface area contributed by atoms with E-state index in [1.54, 1.807) is 24.4 Å². The smallest absolute Gasteiger partial charge is 0.258 e. The van der Waals surface area contributed by atoms with E-state index in [4.69, 9.17) is 10.3 Å². The number of aryl methyl sites for hydroxylation is 1. The lowest BCUT2D eigenvalue weighted by atomic mass is 10.2. The van der Waals surface area contributed by atoms with E-state index >= 15 is 0 Å². The first-order chi connectivity index (χ1) is 14.4. The number of nitrogens with zero attached hydrogens (tertiary/aromatic N) is 5. The summed E-state index contributed by atoms with van der Waals surface area (Å²) in [6.07, 6.45) is 4.08. The molecule has 1 aliphatic rings. The number of rotatable bonds is 5. The molecule has 4 rings (SSSR count). The van der Waals surface area contributed by atoms with Crippen LogP contribution in [0, 0.1) is 0 Å². The van der Waals surface area contributed by atoms with Gasteiger partial charge in [-0.2, -0.15) is 4.31 Å². The number of amides is 1. The average Bonchev–Trinajstić information content (AvgIpc) is 2.99. The lowest BCUT2D eigenvalue weighted by Gasteiger charge is -2.23. The van der Waals surface area contributed by atoms with Gasteiger partial charge in [-0.25, -0.2) is 18.4 Å². The quantitative estimate of drug-likeness (QED) is 0.637. The predicted octanol–water partition coefficient (Wildman–Crippen LogP) is 1.18. The molecule has 0 radical (unpaired) electrons. The Hall–Kier alpha value is -3.05. The van der Waals surface area contributed by atoms with Gasteiger partial charge >= 0.3 is 0 Å². The minimum atomic E-state index is -3.75. The van der Waals surface area contributed by atoms with E-state index < -0.39 is 15.9 Å². The zero-order chi connectivity index (χ0) is 21.3. The Balaban J connectivity index is 1.59. The van der Waals surface area contributed by atoms with Gasteiger partial charge in [-0.1, -0.05) is 12.1 Å². The molecule has 0 unspecified atom stereocenters. The number of fused-ring (bicyclic) bond motifs is 1. The minimum Gasteiger partial charge on any atom is -0.365 e. The van der Waals surface area contributed by atoms with E-state index in [9.17, 15) is 13.2 Å². The number of hydrogen-bond acceptors (Lipinski definition) is 8. The van der Waals surface area contributed by atoms with Gasteiger partial charge in [0.2, 0.25) is 10.0 Å². The molecule has 0 spiro atoms. The molecule has 0 bridgehead atoms. The fourth-order valence-corrected chi connectivity index (χ4v) is 5.03. The van der Waals surface area contributed by atoms with Gasteiger partial charge in [0.1, 0.15) is 10.7 Å². The summed E-state index contributed by atoms with van der Waals surface area (Å²) in [6.45, 7) is 3.46. The van der Waals surface area contributed by atoms with Crippen LogP contribution in [-0.4, -0.2) is 59.9 Å². The van der Waals surface area contributed by atoms with Crippen LogP contribution in [0.25, 0.3) is 11.1 Å². The topological polar surface area (TPSA) is 136 Å². The second-order valence-electron chi connectivity index (χ2n) is 6.99. The van der Waals surface area contributed by atoms with Crippen LogP contribution in [-0.2, 0) is 16.4 Å². The minimum absolute atomic E-state index is 0.108. The van der Waals surface area contributed by atoms with Crippen molar-refractivity contribution in [2.75, 3.05) is 31.1 Å². The molecule has 1 amide bonds. The Bertz CT molecular complexity index is 1190. The molecule has 1 fully saturated rings. The molecule has 2 N–H and O–H groups in total. The lowest BCUT2D eigenvalue weighted by Crippen LogP contribution is -2.36. The van der Waals surface area contributed by atoms with Crippen LogP contribution < -0.4 is 10.6 Å². The van der Waals surface area contributed by atoms with Gasteiger partial charge < -0.3 is 15.2 Å². The summed E-state index contributed by atoms with van der Waals surface area (Å²) < 4.78 is 33.1. The zero-order valence-electron chi connectivity index (χ0n) is 16.5. The molecule has 0 aliphatic carbocycles. The predicted molar refractivity (Wildman–Crippen MR) is 110 cm³/mol. The van der Waals surface area contributed by atoms with Gasteiger partial charge in [0.15, 0.2) is 0 Å². The summed E-state index contributed by atoms with van der Waals surface area (Å²) in [4.78, 5) is 22.1. The number of sulfonamides is 1. The number of pyridine rings is 2. The summed E-state index contributed by atoms with van der Waals surface area (Å²) in [7, 11) is -3.75. The average molecular weight is 430 g/mol. The number of anilines is 1. The maximum absolute atomic E-state index is 13.3. The van der Waals surface area contributed by atoms with Crippen molar-refractivity contribution in [3.05, 3.63) is 41.9 Å². The molecule has 1 saturated heterocycles. The van der Waals surface area contributed by atoms with Gasteiger partial charge in [0, 0.05) is 32.4 Å². The van der Waals surface area contributed by atoms with Crippen LogP contribution in [0.4, 0.5) is 5.82 Å². The van der Waals surface area contributed by atoms with Crippen LogP contribution in [0.15, 0.2) is 40.0 Å². The fourth-order valence-electron chi connectivity index (χ4n) is 3.59. The van der Waals surface area contributed by atoms with E-state index in [0.717, 1.165) is 0 Å². The number of carbonyl (C=O) groups excluding carboxylic acids is 1. The number of hydrogen-bond donors (Lipinski definition) is 1. The first-order valence-electron chi connectivity index (χ1n) is 9.66. The Morgan fingerprint density at radius 3 is 2.83 bits per heavy atom. The van der Waals surface area contributed by atoms with E-state index in [-0.39, 0.29) is 11.4 Å². The molecule has 3 aromatic rings. The fraction of sp³-hybridized carbons (Fsp3) is 0.368. The molecule has 158 valence electrons. The number of carbonyl (C=O) groups is 1. The molecule has 0 aromatic carbocycles. The molecule has 3 aromatic heterocycles. The molecule has 1 aliphatic heterocycles. The van der Waals surface area contributed by atoms with Crippen molar-refractivity contribution in [1.82, 2.24) is 19.4 Å². The van der Waals surface area contributed by atoms with Crippen LogP contribution >= 0.6 is 0 Å².